The minimum Gasteiger partial charge on any atom is -0.352 e. The van der Waals surface area contributed by atoms with E-state index in [-0.39, 0.29) is 30.2 Å². The first kappa shape index (κ1) is 20.6. The highest BCUT2D eigenvalue weighted by molar-refractivity contribution is 9.10. The zero-order chi connectivity index (χ0) is 21.1. The van der Waals surface area contributed by atoms with Gasteiger partial charge in [-0.1, -0.05) is 52.3 Å². The smallest absolute Gasteiger partial charge is 0.243 e. The minimum absolute atomic E-state index is 0.0877. The first-order chi connectivity index (χ1) is 14.5. The summed E-state index contributed by atoms with van der Waals surface area (Å²) in [6.45, 7) is 0.309. The van der Waals surface area contributed by atoms with E-state index in [1.807, 2.05) is 54.6 Å². The molecule has 6 nitrogen and oxygen atoms in total. The van der Waals surface area contributed by atoms with Crippen LogP contribution in [0.5, 0.6) is 0 Å². The second-order valence-electron chi connectivity index (χ2n) is 7.92. The van der Waals surface area contributed by atoms with Crippen molar-refractivity contribution in [3.05, 3.63) is 64.6 Å². The van der Waals surface area contributed by atoms with Gasteiger partial charge in [-0.05, 0) is 36.6 Å². The summed E-state index contributed by atoms with van der Waals surface area (Å²) in [6.07, 6.45) is 2.52. The monoisotopic (exact) mass is 469 g/mol. The number of amides is 3. The Kier molecular flexibility index (Phi) is 6.18. The molecule has 0 spiro atoms. The molecule has 0 radical (unpaired) electrons. The summed E-state index contributed by atoms with van der Waals surface area (Å²) in [7, 11) is 0. The van der Waals surface area contributed by atoms with Crippen molar-refractivity contribution >= 4 is 39.3 Å². The van der Waals surface area contributed by atoms with E-state index in [1.54, 1.807) is 4.90 Å². The van der Waals surface area contributed by atoms with Gasteiger partial charge in [-0.2, -0.15) is 0 Å². The standard InChI is InChI=1S/C23H24BrN3O3/c24-17-7-4-8-19(13-17)27-14-16(12-21(27)28)22(29)26-20(23(30)25-18-9-10-18)11-15-5-2-1-3-6-15/h1-8,13,16,18,20H,9-12,14H2,(H,25,30)(H,26,29). The van der Waals surface area contributed by atoms with Gasteiger partial charge in [-0.15, -0.1) is 0 Å². The van der Waals surface area contributed by atoms with Crippen LogP contribution in [0.15, 0.2) is 59.1 Å². The molecule has 1 saturated carbocycles. The SMILES string of the molecule is O=C(NC(Cc1ccccc1)C(=O)NC1CC1)C1CC(=O)N(c2cccc(Br)c2)C1. The van der Waals surface area contributed by atoms with Crippen LogP contribution in [0.25, 0.3) is 0 Å². The Labute approximate surface area is 184 Å². The zero-order valence-corrected chi connectivity index (χ0v) is 18.1. The number of hydrogen-bond acceptors (Lipinski definition) is 3. The summed E-state index contributed by atoms with van der Waals surface area (Å²) >= 11 is 3.42. The second kappa shape index (κ2) is 9.00. The van der Waals surface area contributed by atoms with E-state index in [1.165, 1.54) is 0 Å². The van der Waals surface area contributed by atoms with Crippen molar-refractivity contribution in [3.8, 4) is 0 Å². The van der Waals surface area contributed by atoms with E-state index in [0.717, 1.165) is 28.6 Å². The van der Waals surface area contributed by atoms with E-state index in [4.69, 9.17) is 0 Å². The van der Waals surface area contributed by atoms with Gasteiger partial charge in [0.1, 0.15) is 6.04 Å². The molecule has 2 atom stereocenters. The second-order valence-corrected chi connectivity index (χ2v) is 8.83. The van der Waals surface area contributed by atoms with E-state index in [9.17, 15) is 14.4 Å². The van der Waals surface area contributed by atoms with Crippen molar-refractivity contribution in [1.82, 2.24) is 10.6 Å². The number of nitrogens with zero attached hydrogens (tertiary/aromatic N) is 1. The molecule has 1 aliphatic heterocycles. The third-order valence-electron chi connectivity index (χ3n) is 5.46. The quantitative estimate of drug-likeness (QED) is 0.654. The van der Waals surface area contributed by atoms with Gasteiger partial charge < -0.3 is 15.5 Å². The molecule has 2 unspecified atom stereocenters. The maximum atomic E-state index is 13.0. The fourth-order valence-electron chi connectivity index (χ4n) is 3.65. The van der Waals surface area contributed by atoms with Crippen LogP contribution in [0, 0.1) is 5.92 Å². The van der Waals surface area contributed by atoms with Crippen molar-refractivity contribution in [1.29, 1.82) is 0 Å². The lowest BCUT2D eigenvalue weighted by Gasteiger charge is -2.21. The van der Waals surface area contributed by atoms with Gasteiger partial charge in [0.05, 0.1) is 5.92 Å². The van der Waals surface area contributed by atoms with Gasteiger partial charge in [0.15, 0.2) is 0 Å². The first-order valence-corrected chi connectivity index (χ1v) is 11.0. The van der Waals surface area contributed by atoms with Crippen molar-refractivity contribution in [2.24, 2.45) is 5.92 Å². The van der Waals surface area contributed by atoms with Gasteiger partial charge in [-0.3, -0.25) is 14.4 Å². The Balaban J connectivity index is 1.43. The van der Waals surface area contributed by atoms with Crippen molar-refractivity contribution < 1.29 is 14.4 Å². The molecule has 4 rings (SSSR count). The first-order valence-electron chi connectivity index (χ1n) is 10.2. The molecule has 7 heteroatoms. The lowest BCUT2D eigenvalue weighted by atomic mass is 10.0. The van der Waals surface area contributed by atoms with E-state index in [0.29, 0.717) is 13.0 Å². The lowest BCUT2D eigenvalue weighted by molar-refractivity contribution is -0.131. The molecule has 0 aromatic heterocycles. The number of carbonyl (C=O) groups excluding carboxylic acids is 3. The fraction of sp³-hybridized carbons (Fsp3) is 0.348. The van der Waals surface area contributed by atoms with Gasteiger partial charge in [0, 0.05) is 35.6 Å². The van der Waals surface area contributed by atoms with E-state index >= 15 is 0 Å². The molecule has 2 N–H and O–H groups in total. The van der Waals surface area contributed by atoms with Crippen LogP contribution < -0.4 is 15.5 Å². The van der Waals surface area contributed by atoms with Gasteiger partial charge in [0.2, 0.25) is 17.7 Å². The molecule has 2 fully saturated rings. The van der Waals surface area contributed by atoms with Crippen LogP contribution in [0.2, 0.25) is 0 Å². The molecule has 1 aliphatic carbocycles. The van der Waals surface area contributed by atoms with Crippen LogP contribution in [-0.2, 0) is 20.8 Å². The molecule has 0 bridgehead atoms. The molecule has 1 saturated heterocycles. The Hall–Kier alpha value is -2.67. The number of halogens is 1. The number of benzene rings is 2. The molecular weight excluding hydrogens is 446 g/mol. The summed E-state index contributed by atoms with van der Waals surface area (Å²) in [5.41, 5.74) is 1.74. The molecule has 1 heterocycles. The summed E-state index contributed by atoms with van der Waals surface area (Å²) in [5, 5.41) is 5.89. The highest BCUT2D eigenvalue weighted by atomic mass is 79.9. The van der Waals surface area contributed by atoms with Crippen LogP contribution in [0.1, 0.15) is 24.8 Å². The predicted molar refractivity (Wildman–Crippen MR) is 118 cm³/mol. The number of rotatable bonds is 7. The Bertz CT molecular complexity index is 946. The summed E-state index contributed by atoms with van der Waals surface area (Å²) in [6, 6.07) is 16.7. The highest BCUT2D eigenvalue weighted by Gasteiger charge is 2.37. The predicted octanol–water partition coefficient (Wildman–Crippen LogP) is 2.81. The molecule has 2 aromatic rings. The maximum absolute atomic E-state index is 13.0. The average molecular weight is 470 g/mol. The number of hydrogen-bond donors (Lipinski definition) is 2. The Morgan fingerprint density at radius 1 is 1.10 bits per heavy atom. The molecular formula is C23H24BrN3O3. The third kappa shape index (κ3) is 5.08. The van der Waals surface area contributed by atoms with Crippen LogP contribution in [-0.4, -0.2) is 36.3 Å². The van der Waals surface area contributed by atoms with Gasteiger partial charge in [-0.25, -0.2) is 0 Å². The van der Waals surface area contributed by atoms with Gasteiger partial charge >= 0.3 is 0 Å². The molecule has 30 heavy (non-hydrogen) atoms. The van der Waals surface area contributed by atoms with Gasteiger partial charge in [0.25, 0.3) is 0 Å². The van der Waals surface area contributed by atoms with Crippen molar-refractivity contribution in [2.45, 2.75) is 37.8 Å². The molecule has 156 valence electrons. The molecule has 2 aliphatic rings. The normalized spacial score (nSPS) is 19.4. The average Bonchev–Trinajstić information content (AvgIpc) is 3.46. The number of anilines is 1. The third-order valence-corrected chi connectivity index (χ3v) is 5.95. The van der Waals surface area contributed by atoms with Crippen molar-refractivity contribution in [3.63, 3.8) is 0 Å². The summed E-state index contributed by atoms with van der Waals surface area (Å²) in [4.78, 5) is 39.8. The largest absolute Gasteiger partial charge is 0.352 e. The zero-order valence-electron chi connectivity index (χ0n) is 16.5. The summed E-state index contributed by atoms with van der Waals surface area (Å²) < 4.78 is 0.875. The van der Waals surface area contributed by atoms with Crippen LogP contribution >= 0.6 is 15.9 Å². The maximum Gasteiger partial charge on any atom is 0.243 e. The Morgan fingerprint density at radius 3 is 2.57 bits per heavy atom. The summed E-state index contributed by atoms with van der Waals surface area (Å²) in [5.74, 6) is -0.991. The number of nitrogens with one attached hydrogen (secondary N) is 2. The highest BCUT2D eigenvalue weighted by Crippen LogP contribution is 2.27. The fourth-order valence-corrected chi connectivity index (χ4v) is 4.04. The minimum atomic E-state index is -0.657. The van der Waals surface area contributed by atoms with Crippen LogP contribution in [0.3, 0.4) is 0 Å². The van der Waals surface area contributed by atoms with E-state index in [2.05, 4.69) is 26.6 Å². The lowest BCUT2D eigenvalue weighted by Crippen LogP contribution is -2.50. The Morgan fingerprint density at radius 2 is 1.87 bits per heavy atom. The van der Waals surface area contributed by atoms with E-state index < -0.39 is 12.0 Å². The molecule has 2 aromatic carbocycles. The topological polar surface area (TPSA) is 78.5 Å². The van der Waals surface area contributed by atoms with Crippen molar-refractivity contribution in [2.75, 3.05) is 11.4 Å². The molecule has 3 amide bonds. The van der Waals surface area contributed by atoms with Crippen LogP contribution in [0.4, 0.5) is 5.69 Å². The number of carbonyl (C=O) groups is 3.